The van der Waals surface area contributed by atoms with E-state index < -0.39 is 0 Å². The summed E-state index contributed by atoms with van der Waals surface area (Å²) in [5, 5.41) is 6.08. The Hall–Kier alpha value is -1.83. The first-order valence-electron chi connectivity index (χ1n) is 9.96. The molecule has 156 valence electrons. The summed E-state index contributed by atoms with van der Waals surface area (Å²) in [4.78, 5) is 19.8. The quantitative estimate of drug-likeness (QED) is 0.464. The number of hydrogen-bond donors (Lipinski definition) is 1. The second kappa shape index (κ2) is 9.78. The van der Waals surface area contributed by atoms with Gasteiger partial charge < -0.3 is 9.73 Å². The maximum Gasteiger partial charge on any atom is 0.287 e. The molecule has 3 aromatic rings. The molecule has 2 aromatic heterocycles. The number of nitrogens with one attached hydrogen (secondary N) is 1. The van der Waals surface area contributed by atoms with Gasteiger partial charge in [0.15, 0.2) is 5.76 Å². The van der Waals surface area contributed by atoms with E-state index in [0.717, 1.165) is 33.1 Å². The first-order valence-corrected chi connectivity index (χ1v) is 11.8. The van der Waals surface area contributed by atoms with Crippen LogP contribution in [0.5, 0.6) is 0 Å². The number of aromatic nitrogens is 1. The average molecular weight is 432 g/mol. The van der Waals surface area contributed by atoms with Gasteiger partial charge >= 0.3 is 0 Å². The Kier molecular flexibility index (Phi) is 7.38. The summed E-state index contributed by atoms with van der Waals surface area (Å²) in [6, 6.07) is 8.70. The molecule has 0 aliphatic heterocycles. The van der Waals surface area contributed by atoms with Crippen LogP contribution in [0.1, 0.15) is 49.5 Å². The zero-order valence-corrected chi connectivity index (χ0v) is 19.3. The van der Waals surface area contributed by atoms with Crippen LogP contribution in [-0.2, 0) is 5.75 Å². The van der Waals surface area contributed by atoms with Gasteiger partial charge in [0.25, 0.3) is 5.91 Å². The third kappa shape index (κ3) is 5.41. The number of benzene rings is 1. The number of carbonyl (C=O) groups excluding carboxylic acids is 1. The van der Waals surface area contributed by atoms with Gasteiger partial charge in [-0.2, -0.15) is 0 Å². The highest BCUT2D eigenvalue weighted by atomic mass is 32.2. The van der Waals surface area contributed by atoms with Crippen molar-refractivity contribution in [3.05, 3.63) is 46.7 Å². The highest BCUT2D eigenvalue weighted by Gasteiger charge is 2.21. The number of thiazole rings is 1. The van der Waals surface area contributed by atoms with Crippen molar-refractivity contribution in [3.63, 3.8) is 0 Å². The maximum absolute atomic E-state index is 12.9. The van der Waals surface area contributed by atoms with Crippen LogP contribution in [0.3, 0.4) is 0 Å². The van der Waals surface area contributed by atoms with Gasteiger partial charge in [0.2, 0.25) is 0 Å². The van der Waals surface area contributed by atoms with Crippen molar-refractivity contribution in [1.82, 2.24) is 15.2 Å². The van der Waals surface area contributed by atoms with Gasteiger partial charge in [0.1, 0.15) is 9.92 Å². The number of para-hydroxylation sites is 1. The van der Waals surface area contributed by atoms with Gasteiger partial charge in [0.05, 0.1) is 0 Å². The zero-order valence-electron chi connectivity index (χ0n) is 17.7. The van der Waals surface area contributed by atoms with Crippen molar-refractivity contribution >= 4 is 40.0 Å². The molecule has 2 heterocycles. The third-order valence-electron chi connectivity index (χ3n) is 4.82. The van der Waals surface area contributed by atoms with Gasteiger partial charge in [-0.15, -0.1) is 11.3 Å². The lowest BCUT2D eigenvalue weighted by atomic mass is 10.1. The predicted molar refractivity (Wildman–Crippen MR) is 122 cm³/mol. The van der Waals surface area contributed by atoms with Gasteiger partial charge in [-0.3, -0.25) is 9.69 Å². The minimum absolute atomic E-state index is 0.153. The molecule has 0 aliphatic carbocycles. The van der Waals surface area contributed by atoms with E-state index in [1.54, 1.807) is 23.1 Å². The van der Waals surface area contributed by atoms with Gasteiger partial charge in [-0.05, 0) is 40.7 Å². The number of furan rings is 1. The molecule has 29 heavy (non-hydrogen) atoms. The average Bonchev–Trinajstić information content (AvgIpc) is 3.26. The van der Waals surface area contributed by atoms with Gasteiger partial charge in [-0.25, -0.2) is 4.98 Å². The van der Waals surface area contributed by atoms with Crippen LogP contribution in [-0.4, -0.2) is 41.0 Å². The number of nitrogens with zero attached hydrogens (tertiary/aromatic N) is 2. The predicted octanol–water partition coefficient (Wildman–Crippen LogP) is 5.34. The maximum atomic E-state index is 12.9. The Morgan fingerprint density at radius 3 is 2.62 bits per heavy atom. The molecule has 1 amide bonds. The van der Waals surface area contributed by atoms with Crippen molar-refractivity contribution in [1.29, 1.82) is 0 Å². The van der Waals surface area contributed by atoms with E-state index in [9.17, 15) is 4.79 Å². The Balaban J connectivity index is 1.74. The number of rotatable bonds is 9. The molecule has 0 atom stereocenters. The van der Waals surface area contributed by atoms with Crippen molar-refractivity contribution in [2.75, 3.05) is 13.1 Å². The number of amides is 1. The van der Waals surface area contributed by atoms with E-state index in [1.165, 1.54) is 0 Å². The molecule has 0 unspecified atom stereocenters. The molecule has 0 aliphatic rings. The number of carbonyl (C=O) groups is 1. The van der Waals surface area contributed by atoms with Crippen molar-refractivity contribution in [2.45, 2.75) is 56.8 Å². The fraction of sp³-hybridized carbons (Fsp3) is 0.455. The normalized spacial score (nSPS) is 11.9. The lowest BCUT2D eigenvalue weighted by Crippen LogP contribution is -2.42. The van der Waals surface area contributed by atoms with Gasteiger partial charge in [-0.1, -0.05) is 30.0 Å². The van der Waals surface area contributed by atoms with Crippen LogP contribution in [0.4, 0.5) is 0 Å². The largest absolute Gasteiger partial charge is 0.451 e. The smallest absolute Gasteiger partial charge is 0.287 e. The molecule has 0 spiro atoms. The van der Waals surface area contributed by atoms with Crippen LogP contribution < -0.4 is 5.32 Å². The van der Waals surface area contributed by atoms with Crippen molar-refractivity contribution < 1.29 is 9.21 Å². The van der Waals surface area contributed by atoms with E-state index in [2.05, 4.69) is 42.9 Å². The second-order valence-corrected chi connectivity index (χ2v) is 9.71. The molecule has 3 rings (SSSR count). The Bertz CT molecular complexity index is 954. The fourth-order valence-corrected chi connectivity index (χ4v) is 5.33. The molecule has 0 saturated carbocycles. The van der Waals surface area contributed by atoms with E-state index >= 15 is 0 Å². The fourth-order valence-electron chi connectivity index (χ4n) is 3.45. The first-order chi connectivity index (χ1) is 13.9. The standard InChI is InChI=1S/C22H29N3O2S2/c1-14(2)25(15(3)4)11-10-23-21(26)20-18(13-29-22-24-16(5)12-28-22)17-8-6-7-9-19(17)27-20/h6-9,12,14-15H,10-11,13H2,1-5H3,(H,23,26). The number of aryl methyl sites for hydroxylation is 1. The summed E-state index contributed by atoms with van der Waals surface area (Å²) in [6.45, 7) is 12.1. The summed E-state index contributed by atoms with van der Waals surface area (Å²) < 4.78 is 6.95. The van der Waals surface area contributed by atoms with Crippen LogP contribution >= 0.6 is 23.1 Å². The summed E-state index contributed by atoms with van der Waals surface area (Å²) in [7, 11) is 0. The Labute approximate surface area is 180 Å². The Morgan fingerprint density at radius 1 is 1.24 bits per heavy atom. The van der Waals surface area contributed by atoms with Crippen LogP contribution in [0, 0.1) is 6.92 Å². The monoisotopic (exact) mass is 431 g/mol. The minimum atomic E-state index is -0.153. The molecule has 0 fully saturated rings. The van der Waals surface area contributed by atoms with Crippen LogP contribution in [0.25, 0.3) is 11.0 Å². The second-order valence-electron chi connectivity index (χ2n) is 7.63. The molecule has 5 nitrogen and oxygen atoms in total. The van der Waals surface area contributed by atoms with Crippen molar-refractivity contribution in [2.24, 2.45) is 0 Å². The number of thioether (sulfide) groups is 1. The van der Waals surface area contributed by atoms with Crippen molar-refractivity contribution in [3.8, 4) is 0 Å². The van der Waals surface area contributed by atoms with E-state index in [1.807, 2.05) is 36.6 Å². The minimum Gasteiger partial charge on any atom is -0.451 e. The Morgan fingerprint density at radius 2 is 1.97 bits per heavy atom. The number of hydrogen-bond acceptors (Lipinski definition) is 6. The summed E-state index contributed by atoms with van der Waals surface area (Å²) in [5.41, 5.74) is 2.70. The molecule has 0 saturated heterocycles. The SMILES string of the molecule is Cc1csc(SCc2c(C(=O)NCCN(C(C)C)C(C)C)oc3ccccc23)n1. The lowest BCUT2D eigenvalue weighted by Gasteiger charge is -2.30. The number of fused-ring (bicyclic) bond motifs is 1. The lowest BCUT2D eigenvalue weighted by molar-refractivity contribution is 0.0913. The molecular formula is C22H29N3O2S2. The highest BCUT2D eigenvalue weighted by molar-refractivity contribution is 8.00. The van der Waals surface area contributed by atoms with E-state index in [-0.39, 0.29) is 5.91 Å². The molecule has 0 radical (unpaired) electrons. The zero-order chi connectivity index (χ0) is 21.0. The molecule has 7 heteroatoms. The van der Waals surface area contributed by atoms with Crippen LogP contribution in [0.2, 0.25) is 0 Å². The highest BCUT2D eigenvalue weighted by Crippen LogP contribution is 2.33. The molecule has 1 aromatic carbocycles. The first kappa shape index (κ1) is 21.9. The molecule has 1 N–H and O–H groups in total. The topological polar surface area (TPSA) is 58.4 Å². The van der Waals surface area contributed by atoms with Crippen LogP contribution in [0.15, 0.2) is 38.4 Å². The molecular weight excluding hydrogens is 402 g/mol. The van der Waals surface area contributed by atoms with Gasteiger partial charge in [0, 0.05) is 52.9 Å². The van der Waals surface area contributed by atoms with E-state index in [4.69, 9.17) is 4.42 Å². The molecule has 0 bridgehead atoms. The third-order valence-corrected chi connectivity index (χ3v) is 6.99. The summed E-state index contributed by atoms with van der Waals surface area (Å²) in [6.07, 6.45) is 0. The van der Waals surface area contributed by atoms with E-state index in [0.29, 0.717) is 30.1 Å². The summed E-state index contributed by atoms with van der Waals surface area (Å²) in [5.74, 6) is 0.906. The summed E-state index contributed by atoms with van der Waals surface area (Å²) >= 11 is 3.27.